The van der Waals surface area contributed by atoms with Gasteiger partial charge in [0.15, 0.2) is 0 Å². The van der Waals surface area contributed by atoms with Crippen molar-refractivity contribution in [2.24, 2.45) is 0 Å². The molecular weight excluding hydrogens is 306 g/mol. The lowest BCUT2D eigenvalue weighted by atomic mass is 10.2. The van der Waals surface area contributed by atoms with Gasteiger partial charge in [-0.05, 0) is 24.6 Å². The van der Waals surface area contributed by atoms with E-state index in [0.29, 0.717) is 23.7 Å². The summed E-state index contributed by atoms with van der Waals surface area (Å²) >= 11 is 0. The van der Waals surface area contributed by atoms with E-state index in [0.717, 1.165) is 18.5 Å². The fraction of sp³-hybridized carbons (Fsp3) is 0.294. The van der Waals surface area contributed by atoms with Crippen molar-refractivity contribution in [3.63, 3.8) is 0 Å². The second-order valence-electron chi connectivity index (χ2n) is 5.28. The molecular formula is C17H21N5O2. The van der Waals surface area contributed by atoms with Crippen LogP contribution in [-0.4, -0.2) is 28.3 Å². The molecule has 1 aromatic carbocycles. The highest BCUT2D eigenvalue weighted by Crippen LogP contribution is 2.19. The van der Waals surface area contributed by atoms with Crippen LogP contribution < -0.4 is 16.0 Å². The van der Waals surface area contributed by atoms with E-state index in [2.05, 4.69) is 32.8 Å². The number of carbonyl (C=O) groups is 2. The van der Waals surface area contributed by atoms with Crippen LogP contribution in [-0.2, 0) is 4.79 Å². The minimum absolute atomic E-state index is 0.139. The van der Waals surface area contributed by atoms with Crippen LogP contribution in [0.15, 0.2) is 36.7 Å². The SMILES string of the molecule is CCCCNC(=O)c1cc(Nc2cccc(NC(C)=O)c2)ncn1. The van der Waals surface area contributed by atoms with Crippen molar-refractivity contribution < 1.29 is 9.59 Å². The summed E-state index contributed by atoms with van der Waals surface area (Å²) in [6, 6.07) is 8.82. The highest BCUT2D eigenvalue weighted by molar-refractivity contribution is 5.93. The van der Waals surface area contributed by atoms with Crippen LogP contribution in [0.5, 0.6) is 0 Å². The highest BCUT2D eigenvalue weighted by Gasteiger charge is 2.08. The number of hydrogen-bond donors (Lipinski definition) is 3. The highest BCUT2D eigenvalue weighted by atomic mass is 16.2. The Kier molecular flexibility index (Phi) is 6.24. The van der Waals surface area contributed by atoms with E-state index < -0.39 is 0 Å². The summed E-state index contributed by atoms with van der Waals surface area (Å²) in [7, 11) is 0. The Morgan fingerprint density at radius 2 is 1.92 bits per heavy atom. The van der Waals surface area contributed by atoms with Crippen molar-refractivity contribution in [3.8, 4) is 0 Å². The van der Waals surface area contributed by atoms with E-state index in [1.165, 1.54) is 13.3 Å². The molecule has 0 unspecified atom stereocenters. The molecule has 0 saturated heterocycles. The average molecular weight is 327 g/mol. The molecule has 7 heteroatoms. The van der Waals surface area contributed by atoms with Crippen LogP contribution in [0.3, 0.4) is 0 Å². The molecule has 0 radical (unpaired) electrons. The van der Waals surface area contributed by atoms with E-state index >= 15 is 0 Å². The van der Waals surface area contributed by atoms with Crippen LogP contribution in [0.25, 0.3) is 0 Å². The predicted octanol–water partition coefficient (Wildman–Crippen LogP) is 2.71. The number of benzene rings is 1. The second-order valence-corrected chi connectivity index (χ2v) is 5.28. The molecule has 2 rings (SSSR count). The molecule has 0 fully saturated rings. The zero-order valence-corrected chi connectivity index (χ0v) is 13.8. The second kappa shape index (κ2) is 8.61. The Balaban J connectivity index is 2.06. The maximum absolute atomic E-state index is 12.0. The van der Waals surface area contributed by atoms with Gasteiger partial charge in [-0.3, -0.25) is 9.59 Å². The number of hydrogen-bond acceptors (Lipinski definition) is 5. The van der Waals surface area contributed by atoms with Crippen molar-refractivity contribution in [3.05, 3.63) is 42.4 Å². The largest absolute Gasteiger partial charge is 0.351 e. The van der Waals surface area contributed by atoms with E-state index in [9.17, 15) is 9.59 Å². The molecule has 2 aromatic rings. The van der Waals surface area contributed by atoms with Gasteiger partial charge in [-0.2, -0.15) is 0 Å². The first-order valence-corrected chi connectivity index (χ1v) is 7.83. The number of amides is 2. The molecule has 0 atom stereocenters. The Hall–Kier alpha value is -2.96. The molecule has 24 heavy (non-hydrogen) atoms. The summed E-state index contributed by atoms with van der Waals surface area (Å²) in [6.07, 6.45) is 3.29. The normalized spacial score (nSPS) is 10.1. The molecule has 0 saturated carbocycles. The van der Waals surface area contributed by atoms with Gasteiger partial charge in [-0.25, -0.2) is 9.97 Å². The fourth-order valence-electron chi connectivity index (χ4n) is 2.04. The van der Waals surface area contributed by atoms with Gasteiger partial charge in [-0.1, -0.05) is 19.4 Å². The van der Waals surface area contributed by atoms with Crippen LogP contribution in [0.1, 0.15) is 37.2 Å². The smallest absolute Gasteiger partial charge is 0.270 e. The summed E-state index contributed by atoms with van der Waals surface area (Å²) in [5.74, 6) is 0.145. The molecule has 0 aliphatic heterocycles. The minimum Gasteiger partial charge on any atom is -0.351 e. The number of anilines is 3. The molecule has 0 spiro atoms. The first kappa shape index (κ1) is 17.4. The van der Waals surface area contributed by atoms with Crippen molar-refractivity contribution >= 4 is 29.0 Å². The van der Waals surface area contributed by atoms with Gasteiger partial charge in [-0.15, -0.1) is 0 Å². The van der Waals surface area contributed by atoms with E-state index in [1.807, 2.05) is 12.1 Å². The minimum atomic E-state index is -0.221. The van der Waals surface area contributed by atoms with Crippen molar-refractivity contribution in [1.29, 1.82) is 0 Å². The van der Waals surface area contributed by atoms with Gasteiger partial charge in [0, 0.05) is 30.9 Å². The number of rotatable bonds is 7. The van der Waals surface area contributed by atoms with Gasteiger partial charge < -0.3 is 16.0 Å². The van der Waals surface area contributed by atoms with Crippen molar-refractivity contribution in [1.82, 2.24) is 15.3 Å². The van der Waals surface area contributed by atoms with Crippen LogP contribution in [0, 0.1) is 0 Å². The zero-order chi connectivity index (χ0) is 17.4. The molecule has 0 aliphatic rings. The molecule has 0 aliphatic carbocycles. The number of unbranched alkanes of at least 4 members (excludes halogenated alkanes) is 1. The standard InChI is InChI=1S/C17H21N5O2/c1-3-4-8-18-17(24)15-10-16(20-11-19-15)22-14-7-5-6-13(9-14)21-12(2)23/h5-7,9-11H,3-4,8H2,1-2H3,(H,18,24)(H,21,23)(H,19,20,22). The monoisotopic (exact) mass is 327 g/mol. The van der Waals surface area contributed by atoms with Gasteiger partial charge in [0.2, 0.25) is 5.91 Å². The van der Waals surface area contributed by atoms with Crippen LogP contribution >= 0.6 is 0 Å². The third-order valence-electron chi connectivity index (χ3n) is 3.17. The zero-order valence-electron chi connectivity index (χ0n) is 13.8. The lowest BCUT2D eigenvalue weighted by Gasteiger charge is -2.09. The summed E-state index contributed by atoms with van der Waals surface area (Å²) < 4.78 is 0. The Labute approximate surface area is 140 Å². The molecule has 1 aromatic heterocycles. The molecule has 126 valence electrons. The lowest BCUT2D eigenvalue weighted by molar-refractivity contribution is -0.114. The van der Waals surface area contributed by atoms with E-state index in [1.54, 1.807) is 18.2 Å². The molecule has 1 heterocycles. The first-order valence-electron chi connectivity index (χ1n) is 7.83. The Bertz CT molecular complexity index is 718. The number of nitrogens with one attached hydrogen (secondary N) is 3. The number of carbonyl (C=O) groups excluding carboxylic acids is 2. The lowest BCUT2D eigenvalue weighted by Crippen LogP contribution is -2.25. The molecule has 2 amide bonds. The first-order chi connectivity index (χ1) is 11.6. The molecule has 7 nitrogen and oxygen atoms in total. The predicted molar refractivity (Wildman–Crippen MR) is 93.3 cm³/mol. The summed E-state index contributed by atoms with van der Waals surface area (Å²) in [5, 5.41) is 8.63. The summed E-state index contributed by atoms with van der Waals surface area (Å²) in [5.41, 5.74) is 1.73. The van der Waals surface area contributed by atoms with Gasteiger partial charge in [0.1, 0.15) is 17.8 Å². The van der Waals surface area contributed by atoms with Crippen LogP contribution in [0.4, 0.5) is 17.2 Å². The van der Waals surface area contributed by atoms with Gasteiger partial charge >= 0.3 is 0 Å². The van der Waals surface area contributed by atoms with Crippen LogP contribution in [0.2, 0.25) is 0 Å². The molecule has 0 bridgehead atoms. The van der Waals surface area contributed by atoms with Crippen molar-refractivity contribution in [2.75, 3.05) is 17.2 Å². The third-order valence-corrected chi connectivity index (χ3v) is 3.17. The fourth-order valence-corrected chi connectivity index (χ4v) is 2.04. The quantitative estimate of drug-likeness (QED) is 0.680. The average Bonchev–Trinajstić information content (AvgIpc) is 2.55. The third kappa shape index (κ3) is 5.35. The maximum Gasteiger partial charge on any atom is 0.270 e. The topological polar surface area (TPSA) is 96.0 Å². The van der Waals surface area contributed by atoms with Crippen molar-refractivity contribution in [2.45, 2.75) is 26.7 Å². The maximum atomic E-state index is 12.0. The Morgan fingerprint density at radius 3 is 2.67 bits per heavy atom. The van der Waals surface area contributed by atoms with E-state index in [4.69, 9.17) is 0 Å². The van der Waals surface area contributed by atoms with Gasteiger partial charge in [0.05, 0.1) is 0 Å². The summed E-state index contributed by atoms with van der Waals surface area (Å²) in [4.78, 5) is 31.2. The van der Waals surface area contributed by atoms with Gasteiger partial charge in [0.25, 0.3) is 5.91 Å². The number of nitrogens with zero attached hydrogens (tertiary/aromatic N) is 2. The molecule has 3 N–H and O–H groups in total. The Morgan fingerprint density at radius 1 is 1.12 bits per heavy atom. The number of aromatic nitrogens is 2. The van der Waals surface area contributed by atoms with E-state index in [-0.39, 0.29) is 11.8 Å². The summed E-state index contributed by atoms with van der Waals surface area (Å²) in [6.45, 7) is 4.14.